The molecule has 1 aromatic rings. The molecule has 0 unspecified atom stereocenters. The van der Waals surface area contributed by atoms with Crippen molar-refractivity contribution in [2.75, 3.05) is 0 Å². The number of amides is 1. The van der Waals surface area contributed by atoms with Gasteiger partial charge in [0, 0.05) is 12.0 Å². The lowest BCUT2D eigenvalue weighted by atomic mass is 9.82. The molecule has 1 aliphatic rings. The first kappa shape index (κ1) is 17.1. The van der Waals surface area contributed by atoms with E-state index < -0.39 is 18.2 Å². The number of alkyl carbamates (subject to hydrolysis) is 1. The lowest BCUT2D eigenvalue weighted by Crippen LogP contribution is -2.51. The molecule has 2 rings (SSSR count). The summed E-state index contributed by atoms with van der Waals surface area (Å²) < 4.78 is 10.6. The number of esters is 1. The summed E-state index contributed by atoms with van der Waals surface area (Å²) in [6.07, 6.45) is -0.527. The van der Waals surface area contributed by atoms with E-state index in [0.717, 1.165) is 5.56 Å². The van der Waals surface area contributed by atoms with Crippen LogP contribution in [0.25, 0.3) is 0 Å². The highest BCUT2D eigenvalue weighted by molar-refractivity contribution is 5.90. The maximum Gasteiger partial charge on any atom is 0.407 e. The summed E-state index contributed by atoms with van der Waals surface area (Å²) >= 11 is 0. The van der Waals surface area contributed by atoms with Crippen LogP contribution in [-0.4, -0.2) is 24.2 Å². The minimum atomic E-state index is -0.526. The molecule has 2 atom stereocenters. The van der Waals surface area contributed by atoms with Gasteiger partial charge in [0.05, 0.1) is 6.04 Å². The molecule has 0 spiro atoms. The van der Waals surface area contributed by atoms with E-state index in [1.54, 1.807) is 0 Å². The second-order valence-electron chi connectivity index (χ2n) is 6.80. The predicted molar refractivity (Wildman–Crippen MR) is 86.6 cm³/mol. The van der Waals surface area contributed by atoms with Crippen molar-refractivity contribution in [1.29, 1.82) is 0 Å². The van der Waals surface area contributed by atoms with Crippen LogP contribution in [0.1, 0.15) is 32.8 Å². The Hall–Kier alpha value is -2.30. The molecule has 5 heteroatoms. The van der Waals surface area contributed by atoms with Crippen LogP contribution >= 0.6 is 0 Å². The van der Waals surface area contributed by atoms with Crippen LogP contribution in [0.5, 0.6) is 0 Å². The zero-order chi connectivity index (χ0) is 17.0. The summed E-state index contributed by atoms with van der Waals surface area (Å²) in [5.74, 6) is -0.399. The summed E-state index contributed by atoms with van der Waals surface area (Å²) in [6, 6.07) is 9.10. The molecule has 0 radical (unpaired) electrons. The third kappa shape index (κ3) is 4.58. The largest absolute Gasteiger partial charge is 0.456 e. The summed E-state index contributed by atoms with van der Waals surface area (Å²) in [4.78, 5) is 23.6. The van der Waals surface area contributed by atoms with Gasteiger partial charge >= 0.3 is 12.1 Å². The summed E-state index contributed by atoms with van der Waals surface area (Å²) in [5.41, 5.74) is 1.06. The highest BCUT2D eigenvalue weighted by Gasteiger charge is 2.41. The Balaban J connectivity index is 1.96. The van der Waals surface area contributed by atoms with Crippen LogP contribution < -0.4 is 5.32 Å². The molecule has 1 fully saturated rings. The quantitative estimate of drug-likeness (QED) is 0.684. The molecule has 1 aliphatic heterocycles. The molecule has 23 heavy (non-hydrogen) atoms. The van der Waals surface area contributed by atoms with Crippen LogP contribution in [0.15, 0.2) is 42.5 Å². The lowest BCUT2D eigenvalue weighted by molar-refractivity contribution is -0.140. The van der Waals surface area contributed by atoms with E-state index in [0.29, 0.717) is 12.0 Å². The van der Waals surface area contributed by atoms with Gasteiger partial charge in [0.2, 0.25) is 0 Å². The van der Waals surface area contributed by atoms with Gasteiger partial charge in [-0.05, 0) is 11.0 Å². The third-order valence-electron chi connectivity index (χ3n) is 3.79. The van der Waals surface area contributed by atoms with Gasteiger partial charge in [-0.3, -0.25) is 0 Å². The molecular formula is C18H23NO4. The van der Waals surface area contributed by atoms with Gasteiger partial charge in [-0.25, -0.2) is 9.59 Å². The van der Waals surface area contributed by atoms with Crippen LogP contribution in [-0.2, 0) is 20.9 Å². The molecule has 0 aromatic heterocycles. The average molecular weight is 317 g/mol. The highest BCUT2D eigenvalue weighted by Crippen LogP contribution is 2.31. The molecule has 1 aromatic carbocycles. The Morgan fingerprint density at radius 3 is 2.57 bits per heavy atom. The molecule has 0 bridgehead atoms. The molecule has 1 amide bonds. The van der Waals surface area contributed by atoms with Crippen LogP contribution in [0.3, 0.4) is 0 Å². The Morgan fingerprint density at radius 2 is 2.04 bits per heavy atom. The van der Waals surface area contributed by atoms with Gasteiger partial charge < -0.3 is 14.8 Å². The van der Waals surface area contributed by atoms with Crippen LogP contribution in [0, 0.1) is 5.41 Å². The van der Waals surface area contributed by atoms with Crippen molar-refractivity contribution in [1.82, 2.24) is 5.32 Å². The number of benzene rings is 1. The third-order valence-corrected chi connectivity index (χ3v) is 3.79. The minimum absolute atomic E-state index is 0.195. The molecular weight excluding hydrogens is 294 g/mol. The van der Waals surface area contributed by atoms with E-state index in [9.17, 15) is 9.59 Å². The molecule has 0 aliphatic carbocycles. The normalized spacial score (nSPS) is 19.2. The monoisotopic (exact) mass is 317 g/mol. The van der Waals surface area contributed by atoms with E-state index >= 15 is 0 Å². The first-order chi connectivity index (χ1) is 10.8. The SMILES string of the molecule is C=C1C[C@@H]([C@@H](NC(=O)OCc2ccccc2)C(C)(C)C)OC1=O. The predicted octanol–water partition coefficient (Wildman–Crippen LogP) is 3.20. The number of carbonyl (C=O) groups excluding carboxylic acids is 2. The van der Waals surface area contributed by atoms with E-state index in [-0.39, 0.29) is 18.1 Å². The van der Waals surface area contributed by atoms with Gasteiger partial charge in [-0.1, -0.05) is 57.7 Å². The number of ether oxygens (including phenoxy) is 2. The minimum Gasteiger partial charge on any atom is -0.456 e. The number of nitrogens with one attached hydrogen (secondary N) is 1. The number of hydrogen-bond donors (Lipinski definition) is 1. The molecule has 0 saturated carbocycles. The second kappa shape index (κ2) is 6.86. The fourth-order valence-electron chi connectivity index (χ4n) is 2.53. The standard InChI is InChI=1S/C18H23NO4/c1-12-10-14(23-16(12)20)15(18(2,3)4)19-17(21)22-11-13-8-6-5-7-9-13/h5-9,14-15H,1,10-11H2,2-4H3,(H,19,21)/t14-,15+/m0/s1. The van der Waals surface area contributed by atoms with Crippen molar-refractivity contribution in [3.05, 3.63) is 48.0 Å². The number of rotatable bonds is 4. The number of carbonyl (C=O) groups is 2. The van der Waals surface area contributed by atoms with Gasteiger partial charge in [-0.2, -0.15) is 0 Å². The Kier molecular flexibility index (Phi) is 5.08. The van der Waals surface area contributed by atoms with Gasteiger partial charge in [-0.15, -0.1) is 0 Å². The molecule has 1 heterocycles. The first-order valence-corrected chi connectivity index (χ1v) is 7.63. The van der Waals surface area contributed by atoms with Crippen molar-refractivity contribution in [3.8, 4) is 0 Å². The van der Waals surface area contributed by atoms with Gasteiger partial charge in [0.15, 0.2) is 0 Å². The van der Waals surface area contributed by atoms with Crippen molar-refractivity contribution in [2.45, 2.75) is 45.9 Å². The van der Waals surface area contributed by atoms with E-state index in [1.165, 1.54) is 0 Å². The maximum absolute atomic E-state index is 12.1. The molecule has 124 valence electrons. The van der Waals surface area contributed by atoms with E-state index in [1.807, 2.05) is 51.1 Å². The number of hydrogen-bond acceptors (Lipinski definition) is 4. The van der Waals surface area contributed by atoms with Crippen molar-refractivity contribution >= 4 is 12.1 Å². The van der Waals surface area contributed by atoms with Gasteiger partial charge in [0.1, 0.15) is 12.7 Å². The van der Waals surface area contributed by atoms with Crippen LogP contribution in [0.4, 0.5) is 4.79 Å². The van der Waals surface area contributed by atoms with E-state index in [2.05, 4.69) is 11.9 Å². The Morgan fingerprint density at radius 1 is 1.39 bits per heavy atom. The summed E-state index contributed by atoms with van der Waals surface area (Å²) in [6.45, 7) is 9.81. The van der Waals surface area contributed by atoms with Crippen molar-refractivity contribution < 1.29 is 19.1 Å². The highest BCUT2D eigenvalue weighted by atomic mass is 16.6. The second-order valence-corrected chi connectivity index (χ2v) is 6.80. The molecule has 5 nitrogen and oxygen atoms in total. The smallest absolute Gasteiger partial charge is 0.407 e. The Bertz CT molecular complexity index is 573. The van der Waals surface area contributed by atoms with Crippen LogP contribution in [0.2, 0.25) is 0 Å². The molecule has 1 saturated heterocycles. The fraction of sp³-hybridized carbons (Fsp3) is 0.444. The molecule has 1 N–H and O–H groups in total. The first-order valence-electron chi connectivity index (χ1n) is 7.63. The summed E-state index contributed by atoms with van der Waals surface area (Å²) in [5, 5.41) is 2.83. The lowest BCUT2D eigenvalue weighted by Gasteiger charge is -2.34. The number of cyclic esters (lactones) is 1. The Labute approximate surface area is 136 Å². The van der Waals surface area contributed by atoms with Crippen molar-refractivity contribution in [2.24, 2.45) is 5.41 Å². The topological polar surface area (TPSA) is 64.6 Å². The zero-order valence-electron chi connectivity index (χ0n) is 13.8. The zero-order valence-corrected chi connectivity index (χ0v) is 13.8. The van der Waals surface area contributed by atoms with E-state index in [4.69, 9.17) is 9.47 Å². The average Bonchev–Trinajstić information content (AvgIpc) is 2.81. The maximum atomic E-state index is 12.1. The fourth-order valence-corrected chi connectivity index (χ4v) is 2.53. The van der Waals surface area contributed by atoms with Gasteiger partial charge in [0.25, 0.3) is 0 Å². The summed E-state index contributed by atoms with van der Waals surface area (Å²) in [7, 11) is 0. The van der Waals surface area contributed by atoms with Crippen molar-refractivity contribution in [3.63, 3.8) is 0 Å².